The van der Waals surface area contributed by atoms with Crippen molar-refractivity contribution >= 4 is 5.69 Å². The molecule has 2 rings (SSSR count). The average molecular weight is 279 g/mol. The van der Waals surface area contributed by atoms with Crippen LogP contribution < -0.4 is 5.32 Å². The summed E-state index contributed by atoms with van der Waals surface area (Å²) < 4.78 is 28.2. The van der Waals surface area contributed by atoms with Crippen molar-refractivity contribution in [1.82, 2.24) is 9.78 Å². The molecule has 0 amide bonds. The van der Waals surface area contributed by atoms with Crippen LogP contribution in [-0.4, -0.2) is 9.78 Å². The number of rotatable bonds is 6. The number of aromatic nitrogens is 2. The third-order valence-corrected chi connectivity index (χ3v) is 3.37. The van der Waals surface area contributed by atoms with Gasteiger partial charge in [0.2, 0.25) is 0 Å². The highest BCUT2D eigenvalue weighted by molar-refractivity contribution is 5.44. The third kappa shape index (κ3) is 3.35. The highest BCUT2D eigenvalue weighted by Gasteiger charge is 2.08. The van der Waals surface area contributed by atoms with Crippen molar-refractivity contribution in [2.24, 2.45) is 0 Å². The summed E-state index contributed by atoms with van der Waals surface area (Å²) in [5, 5.41) is 7.40. The Kier molecular flexibility index (Phi) is 4.71. The summed E-state index contributed by atoms with van der Waals surface area (Å²) in [7, 11) is 0. The number of nitrogens with one attached hydrogen (secondary N) is 1. The molecule has 20 heavy (non-hydrogen) atoms. The Morgan fingerprint density at radius 3 is 2.60 bits per heavy atom. The number of hydrogen-bond acceptors (Lipinski definition) is 2. The summed E-state index contributed by atoms with van der Waals surface area (Å²) in [6.45, 7) is 4.67. The molecule has 1 aromatic carbocycles. The van der Waals surface area contributed by atoms with Crippen molar-refractivity contribution in [2.45, 2.75) is 39.3 Å². The summed E-state index contributed by atoms with van der Waals surface area (Å²) in [4.78, 5) is 0. The zero-order chi connectivity index (χ0) is 14.5. The largest absolute Gasteiger partial charge is 0.377 e. The molecule has 108 valence electrons. The fourth-order valence-electron chi connectivity index (χ4n) is 2.16. The van der Waals surface area contributed by atoms with Crippen LogP contribution in [0, 0.1) is 11.6 Å². The summed E-state index contributed by atoms with van der Waals surface area (Å²) >= 11 is 0. The summed E-state index contributed by atoms with van der Waals surface area (Å²) in [5.74, 6) is -1.17. The van der Waals surface area contributed by atoms with E-state index in [0.717, 1.165) is 24.6 Å². The minimum absolute atomic E-state index is 0.281. The van der Waals surface area contributed by atoms with Gasteiger partial charge in [0.25, 0.3) is 0 Å². The molecular weight excluding hydrogens is 260 g/mol. The van der Waals surface area contributed by atoms with Crippen LogP contribution >= 0.6 is 0 Å². The Bertz CT molecular complexity index is 562. The Morgan fingerprint density at radius 1 is 1.20 bits per heavy atom. The molecule has 0 aliphatic heterocycles. The summed E-state index contributed by atoms with van der Waals surface area (Å²) in [6.07, 6.45) is 3.99. The fraction of sp³-hybridized carbons (Fsp3) is 0.400. The maximum absolute atomic E-state index is 13.5. The van der Waals surface area contributed by atoms with Crippen molar-refractivity contribution in [2.75, 3.05) is 5.32 Å². The second kappa shape index (κ2) is 6.50. The molecule has 0 bridgehead atoms. The SMILES string of the molecule is CCC(CC)n1ccc(CNc2ccc(F)cc2F)n1. The first kappa shape index (κ1) is 14.5. The normalized spacial score (nSPS) is 11.1. The fourth-order valence-corrected chi connectivity index (χ4v) is 2.16. The highest BCUT2D eigenvalue weighted by atomic mass is 19.1. The van der Waals surface area contributed by atoms with Crippen LogP contribution in [0.1, 0.15) is 38.4 Å². The van der Waals surface area contributed by atoms with Crippen molar-refractivity contribution in [3.05, 3.63) is 47.8 Å². The van der Waals surface area contributed by atoms with E-state index in [1.165, 1.54) is 12.1 Å². The minimum atomic E-state index is -0.593. The smallest absolute Gasteiger partial charge is 0.149 e. The molecule has 0 atom stereocenters. The Hall–Kier alpha value is -1.91. The predicted octanol–water partition coefficient (Wildman–Crippen LogP) is 4.13. The van der Waals surface area contributed by atoms with Gasteiger partial charge in [-0.15, -0.1) is 0 Å². The van der Waals surface area contributed by atoms with Crippen LogP contribution in [0.15, 0.2) is 30.5 Å². The van der Waals surface area contributed by atoms with Gasteiger partial charge in [0.05, 0.1) is 24.0 Å². The predicted molar refractivity (Wildman–Crippen MR) is 75.5 cm³/mol. The molecule has 3 nitrogen and oxygen atoms in total. The summed E-state index contributed by atoms with van der Waals surface area (Å²) in [5.41, 5.74) is 1.11. The van der Waals surface area contributed by atoms with E-state index in [-0.39, 0.29) is 5.69 Å². The van der Waals surface area contributed by atoms with E-state index in [1.54, 1.807) is 0 Å². The minimum Gasteiger partial charge on any atom is -0.377 e. The monoisotopic (exact) mass is 279 g/mol. The molecule has 0 spiro atoms. The number of halogens is 2. The van der Waals surface area contributed by atoms with E-state index < -0.39 is 11.6 Å². The average Bonchev–Trinajstić information content (AvgIpc) is 2.88. The second-order valence-corrected chi connectivity index (χ2v) is 4.74. The van der Waals surface area contributed by atoms with Crippen LogP contribution in [0.4, 0.5) is 14.5 Å². The molecule has 1 N–H and O–H groups in total. The van der Waals surface area contributed by atoms with Gasteiger partial charge in [-0.25, -0.2) is 8.78 Å². The maximum atomic E-state index is 13.5. The van der Waals surface area contributed by atoms with Crippen LogP contribution in [0.2, 0.25) is 0 Å². The molecule has 0 aliphatic carbocycles. The van der Waals surface area contributed by atoms with Crippen molar-refractivity contribution in [1.29, 1.82) is 0 Å². The first-order chi connectivity index (χ1) is 9.63. The van der Waals surface area contributed by atoms with E-state index in [1.807, 2.05) is 16.9 Å². The van der Waals surface area contributed by atoms with E-state index in [4.69, 9.17) is 0 Å². The maximum Gasteiger partial charge on any atom is 0.149 e. The van der Waals surface area contributed by atoms with Crippen molar-refractivity contribution in [3.8, 4) is 0 Å². The lowest BCUT2D eigenvalue weighted by Crippen LogP contribution is -2.09. The Balaban J connectivity index is 2.00. The Labute approximate surface area is 117 Å². The van der Waals surface area contributed by atoms with Crippen LogP contribution in [-0.2, 0) is 6.54 Å². The molecule has 0 radical (unpaired) electrons. The second-order valence-electron chi connectivity index (χ2n) is 4.74. The number of anilines is 1. The first-order valence-electron chi connectivity index (χ1n) is 6.87. The number of nitrogens with zero attached hydrogens (tertiary/aromatic N) is 2. The molecule has 0 fully saturated rings. The van der Waals surface area contributed by atoms with Gasteiger partial charge in [0.1, 0.15) is 11.6 Å². The lowest BCUT2D eigenvalue weighted by Gasteiger charge is -2.12. The van der Waals surface area contributed by atoms with Gasteiger partial charge in [-0.2, -0.15) is 5.10 Å². The standard InChI is InChI=1S/C15H19F2N3/c1-3-13(4-2)20-8-7-12(19-20)10-18-15-6-5-11(16)9-14(15)17/h5-9,13,18H,3-4,10H2,1-2H3. The van der Waals surface area contributed by atoms with Gasteiger partial charge in [-0.1, -0.05) is 13.8 Å². The van der Waals surface area contributed by atoms with Crippen LogP contribution in [0.5, 0.6) is 0 Å². The number of hydrogen-bond donors (Lipinski definition) is 1. The Morgan fingerprint density at radius 2 is 1.95 bits per heavy atom. The van der Waals surface area contributed by atoms with Gasteiger partial charge < -0.3 is 5.32 Å². The molecule has 1 heterocycles. The zero-order valence-electron chi connectivity index (χ0n) is 11.7. The topological polar surface area (TPSA) is 29.9 Å². The molecule has 1 aromatic heterocycles. The number of benzene rings is 1. The van der Waals surface area contributed by atoms with E-state index in [2.05, 4.69) is 24.3 Å². The van der Waals surface area contributed by atoms with E-state index in [9.17, 15) is 8.78 Å². The van der Waals surface area contributed by atoms with Gasteiger partial charge in [-0.05, 0) is 31.0 Å². The zero-order valence-corrected chi connectivity index (χ0v) is 11.7. The first-order valence-corrected chi connectivity index (χ1v) is 6.87. The highest BCUT2D eigenvalue weighted by Crippen LogP contribution is 2.17. The molecule has 0 unspecified atom stereocenters. The van der Waals surface area contributed by atoms with Crippen LogP contribution in [0.3, 0.4) is 0 Å². The van der Waals surface area contributed by atoms with Crippen molar-refractivity contribution in [3.63, 3.8) is 0 Å². The molecular formula is C15H19F2N3. The van der Waals surface area contributed by atoms with Crippen LogP contribution in [0.25, 0.3) is 0 Å². The lowest BCUT2D eigenvalue weighted by molar-refractivity contribution is 0.426. The van der Waals surface area contributed by atoms with Gasteiger partial charge in [0.15, 0.2) is 0 Å². The molecule has 5 heteroatoms. The van der Waals surface area contributed by atoms with Gasteiger partial charge in [0, 0.05) is 12.3 Å². The molecule has 2 aromatic rings. The van der Waals surface area contributed by atoms with E-state index >= 15 is 0 Å². The van der Waals surface area contributed by atoms with E-state index in [0.29, 0.717) is 12.6 Å². The summed E-state index contributed by atoms with van der Waals surface area (Å²) in [6, 6.07) is 5.79. The third-order valence-electron chi connectivity index (χ3n) is 3.37. The molecule has 0 aliphatic rings. The molecule has 0 saturated heterocycles. The quantitative estimate of drug-likeness (QED) is 0.861. The van der Waals surface area contributed by atoms with Gasteiger partial charge >= 0.3 is 0 Å². The van der Waals surface area contributed by atoms with Gasteiger partial charge in [-0.3, -0.25) is 4.68 Å². The lowest BCUT2D eigenvalue weighted by atomic mass is 10.2. The molecule has 0 saturated carbocycles. The van der Waals surface area contributed by atoms with Crippen molar-refractivity contribution < 1.29 is 8.78 Å².